The summed E-state index contributed by atoms with van der Waals surface area (Å²) in [5.41, 5.74) is 0.359. The fourth-order valence-electron chi connectivity index (χ4n) is 1.18. The maximum absolute atomic E-state index is 3.86. The lowest BCUT2D eigenvalue weighted by atomic mass is 9.91. The van der Waals surface area contributed by atoms with Gasteiger partial charge in [0.25, 0.3) is 0 Å². The van der Waals surface area contributed by atoms with Gasteiger partial charge in [-0.2, -0.15) is 0 Å². The predicted molar refractivity (Wildman–Crippen MR) is 61.7 cm³/mol. The molecule has 0 unspecified atom stereocenters. The van der Waals surface area contributed by atoms with Crippen LogP contribution in [0.15, 0.2) is 12.7 Å². The van der Waals surface area contributed by atoms with Crippen molar-refractivity contribution in [2.24, 2.45) is 5.41 Å². The molecule has 0 atom stereocenters. The zero-order valence-electron chi connectivity index (χ0n) is 9.41. The van der Waals surface area contributed by atoms with Gasteiger partial charge in [0.05, 0.1) is 0 Å². The van der Waals surface area contributed by atoms with E-state index in [2.05, 4.69) is 47.3 Å². The van der Waals surface area contributed by atoms with Gasteiger partial charge in [-0.15, -0.1) is 6.58 Å². The van der Waals surface area contributed by atoms with E-state index in [1.165, 1.54) is 12.5 Å². The Bertz CT molecular complexity index is 140. The largest absolute Gasteiger partial charge is 0.103 e. The molecule has 0 aromatic carbocycles. The van der Waals surface area contributed by atoms with E-state index in [-0.39, 0.29) is 9.52 Å². The minimum Gasteiger partial charge on any atom is -0.103 e. The van der Waals surface area contributed by atoms with Crippen LogP contribution >= 0.6 is 0 Å². The molecule has 0 aromatic heterocycles. The van der Waals surface area contributed by atoms with Crippen molar-refractivity contribution < 1.29 is 0 Å². The van der Waals surface area contributed by atoms with E-state index in [1.807, 2.05) is 0 Å². The molecule has 72 valence electrons. The summed E-state index contributed by atoms with van der Waals surface area (Å²) in [4.78, 5) is 0. The van der Waals surface area contributed by atoms with Gasteiger partial charge < -0.3 is 0 Å². The minimum atomic E-state index is 0.113. The first-order valence-electron chi connectivity index (χ1n) is 4.90. The van der Waals surface area contributed by atoms with E-state index in [0.29, 0.717) is 10.5 Å². The Labute approximate surface area is 80.3 Å². The van der Waals surface area contributed by atoms with Crippen LogP contribution in [0.5, 0.6) is 0 Å². The predicted octanol–water partition coefficient (Wildman–Crippen LogP) is 3.39. The van der Waals surface area contributed by atoms with Crippen molar-refractivity contribution >= 4 is 9.52 Å². The van der Waals surface area contributed by atoms with E-state index >= 15 is 0 Å². The van der Waals surface area contributed by atoms with Crippen LogP contribution in [0.3, 0.4) is 0 Å². The van der Waals surface area contributed by atoms with Crippen LogP contribution < -0.4 is 0 Å². The lowest BCUT2D eigenvalue weighted by Gasteiger charge is -2.22. The number of hydrogen-bond acceptors (Lipinski definition) is 0. The third kappa shape index (κ3) is 6.65. The Morgan fingerprint density at radius 2 is 1.67 bits per heavy atom. The molecule has 0 saturated heterocycles. The highest BCUT2D eigenvalue weighted by atomic mass is 28.2. The van der Waals surface area contributed by atoms with Crippen molar-refractivity contribution in [3.05, 3.63) is 12.7 Å². The molecule has 0 aromatic rings. The van der Waals surface area contributed by atoms with Crippen LogP contribution in [-0.2, 0) is 0 Å². The summed E-state index contributed by atoms with van der Waals surface area (Å²) in [5, 5.41) is 0.622. The maximum atomic E-state index is 3.86. The van der Waals surface area contributed by atoms with Crippen molar-refractivity contribution in [1.29, 1.82) is 0 Å². The highest BCUT2D eigenvalue weighted by Gasteiger charge is 2.15. The van der Waals surface area contributed by atoms with Crippen molar-refractivity contribution in [2.45, 2.75) is 52.1 Å². The second-order valence-corrected chi connectivity index (χ2v) is 8.94. The number of rotatable bonds is 4. The second-order valence-electron chi connectivity index (χ2n) is 5.61. The first-order valence-corrected chi connectivity index (χ1v) is 6.61. The van der Waals surface area contributed by atoms with Gasteiger partial charge in [0.1, 0.15) is 0 Å². The van der Waals surface area contributed by atoms with Gasteiger partial charge in [-0.1, -0.05) is 46.7 Å². The van der Waals surface area contributed by atoms with Crippen molar-refractivity contribution in [3.63, 3.8) is 0 Å². The lowest BCUT2D eigenvalue weighted by Crippen LogP contribution is -2.13. The zero-order valence-corrected chi connectivity index (χ0v) is 10.8. The van der Waals surface area contributed by atoms with E-state index in [9.17, 15) is 0 Å². The summed E-state index contributed by atoms with van der Waals surface area (Å²) in [6, 6.07) is 1.45. The van der Waals surface area contributed by atoms with E-state index in [4.69, 9.17) is 0 Å². The van der Waals surface area contributed by atoms with Gasteiger partial charge in [-0.25, -0.2) is 0 Å². The molecule has 0 saturated carbocycles. The molecule has 0 heterocycles. The van der Waals surface area contributed by atoms with Crippen LogP contribution in [0.25, 0.3) is 0 Å². The van der Waals surface area contributed by atoms with Crippen molar-refractivity contribution in [1.82, 2.24) is 0 Å². The fourth-order valence-corrected chi connectivity index (χ4v) is 3.33. The molecule has 0 fully saturated rings. The molecule has 0 bridgehead atoms. The van der Waals surface area contributed by atoms with E-state index in [0.717, 1.165) is 0 Å². The molecule has 1 heteroatoms. The van der Waals surface area contributed by atoms with Crippen LogP contribution in [0.1, 0.15) is 41.0 Å². The topological polar surface area (TPSA) is 0 Å². The lowest BCUT2D eigenvalue weighted by molar-refractivity contribution is 0.460. The third-order valence-electron chi connectivity index (χ3n) is 2.30. The summed E-state index contributed by atoms with van der Waals surface area (Å²) in [6.45, 7) is 15.5. The highest BCUT2D eigenvalue weighted by Crippen LogP contribution is 2.28. The van der Waals surface area contributed by atoms with Gasteiger partial charge in [-0.05, 0) is 16.9 Å². The fraction of sp³-hybridized carbons (Fsp3) is 0.818. The first-order chi connectivity index (χ1) is 5.27. The molecule has 0 spiro atoms. The van der Waals surface area contributed by atoms with Crippen LogP contribution in [0, 0.1) is 5.41 Å². The van der Waals surface area contributed by atoms with Crippen molar-refractivity contribution in [3.8, 4) is 0 Å². The van der Waals surface area contributed by atoms with Gasteiger partial charge in [0, 0.05) is 9.52 Å². The average molecular weight is 184 g/mol. The Morgan fingerprint density at radius 1 is 1.17 bits per heavy atom. The second kappa shape index (κ2) is 4.27. The van der Waals surface area contributed by atoms with Crippen LogP contribution in [-0.4, -0.2) is 9.52 Å². The van der Waals surface area contributed by atoms with Gasteiger partial charge in [0.2, 0.25) is 0 Å². The molecule has 0 nitrogen and oxygen atoms in total. The summed E-state index contributed by atoms with van der Waals surface area (Å²) in [7, 11) is 0.113. The SMILES string of the molecule is C=CC(C)(C)CC[SiH2]C(C)(C)C. The normalized spacial score (nSPS) is 14.1. The minimum absolute atomic E-state index is 0.113. The van der Waals surface area contributed by atoms with Crippen LogP contribution in [0.2, 0.25) is 11.1 Å². The molecule has 12 heavy (non-hydrogen) atoms. The average Bonchev–Trinajstić information content (AvgIpc) is 1.84. The monoisotopic (exact) mass is 184 g/mol. The molecular formula is C11H24Si. The molecule has 0 aliphatic heterocycles. The van der Waals surface area contributed by atoms with Crippen molar-refractivity contribution in [2.75, 3.05) is 0 Å². The Kier molecular flexibility index (Phi) is 4.25. The summed E-state index contributed by atoms with van der Waals surface area (Å²) >= 11 is 0. The third-order valence-corrected chi connectivity index (χ3v) is 4.51. The summed E-state index contributed by atoms with van der Waals surface area (Å²) in [5.74, 6) is 0. The van der Waals surface area contributed by atoms with Crippen LogP contribution in [0.4, 0.5) is 0 Å². The number of hydrogen-bond donors (Lipinski definition) is 0. The number of allylic oxidation sites excluding steroid dienone is 1. The quantitative estimate of drug-likeness (QED) is 0.464. The molecule has 0 aliphatic carbocycles. The molecule has 0 rings (SSSR count). The van der Waals surface area contributed by atoms with Gasteiger partial charge >= 0.3 is 0 Å². The van der Waals surface area contributed by atoms with E-state index in [1.54, 1.807) is 0 Å². The summed E-state index contributed by atoms with van der Waals surface area (Å²) < 4.78 is 0. The standard InChI is InChI=1S/C11H24Si/c1-7-11(5,6)8-9-12-10(2,3)4/h7H,1,8-9,12H2,2-6H3. The Balaban J connectivity index is 3.64. The summed E-state index contributed by atoms with van der Waals surface area (Å²) in [6.07, 6.45) is 3.41. The molecule has 0 N–H and O–H groups in total. The molecule has 0 amide bonds. The molecule has 0 radical (unpaired) electrons. The Morgan fingerprint density at radius 3 is 2.00 bits per heavy atom. The molecular weight excluding hydrogens is 160 g/mol. The molecule has 0 aliphatic rings. The highest BCUT2D eigenvalue weighted by molar-refractivity contribution is 6.39. The Hall–Kier alpha value is -0.0431. The van der Waals surface area contributed by atoms with Gasteiger partial charge in [-0.3, -0.25) is 0 Å². The maximum Gasteiger partial charge on any atom is 0.0260 e. The smallest absolute Gasteiger partial charge is 0.0260 e. The van der Waals surface area contributed by atoms with Gasteiger partial charge in [0.15, 0.2) is 0 Å². The zero-order chi connectivity index (χ0) is 9.83. The van der Waals surface area contributed by atoms with E-state index < -0.39 is 0 Å². The first kappa shape index (κ1) is 12.0.